The molecule has 1 aliphatic heterocycles. The molecule has 5 nitrogen and oxygen atoms in total. The van der Waals surface area contributed by atoms with Crippen molar-refractivity contribution in [2.75, 3.05) is 13.1 Å². The van der Waals surface area contributed by atoms with Gasteiger partial charge in [0, 0.05) is 13.0 Å². The molecule has 0 bridgehead atoms. The van der Waals surface area contributed by atoms with Crippen LogP contribution in [0.4, 0.5) is 0 Å². The zero-order valence-corrected chi connectivity index (χ0v) is 10.4. The molecule has 0 aliphatic carbocycles. The summed E-state index contributed by atoms with van der Waals surface area (Å²) < 4.78 is 5.68. The number of hydrogen-bond donors (Lipinski definition) is 0. The van der Waals surface area contributed by atoms with E-state index in [1.165, 1.54) is 6.33 Å². The number of nitrogens with zero attached hydrogens (tertiary/aromatic N) is 3. The van der Waals surface area contributed by atoms with Crippen molar-refractivity contribution in [2.24, 2.45) is 0 Å². The molecule has 0 N–H and O–H groups in total. The Morgan fingerprint density at radius 2 is 2.18 bits per heavy atom. The average molecular weight is 235 g/mol. The van der Waals surface area contributed by atoms with E-state index in [1.54, 1.807) is 11.8 Å². The van der Waals surface area contributed by atoms with Crippen molar-refractivity contribution >= 4 is 5.91 Å². The average Bonchev–Trinajstić information content (AvgIpc) is 2.22. The van der Waals surface area contributed by atoms with E-state index >= 15 is 0 Å². The minimum absolute atomic E-state index is 0.0637. The van der Waals surface area contributed by atoms with Gasteiger partial charge in [-0.15, -0.1) is 0 Å². The standard InChI is InChI=1S/C12H17N3O2/c1-8(2)11-4-12(14-7-13-11)17-10-5-15(6-10)9(3)16/h4,7-8,10H,5-6H2,1-3H3. The summed E-state index contributed by atoms with van der Waals surface area (Å²) in [6, 6.07) is 1.86. The molecule has 0 radical (unpaired) electrons. The van der Waals surface area contributed by atoms with Crippen molar-refractivity contribution in [3.63, 3.8) is 0 Å². The Morgan fingerprint density at radius 3 is 2.76 bits per heavy atom. The molecular weight excluding hydrogens is 218 g/mol. The molecule has 0 unspecified atom stereocenters. The predicted molar refractivity (Wildman–Crippen MR) is 62.8 cm³/mol. The topological polar surface area (TPSA) is 55.3 Å². The molecule has 92 valence electrons. The van der Waals surface area contributed by atoms with Crippen molar-refractivity contribution in [2.45, 2.75) is 32.8 Å². The van der Waals surface area contributed by atoms with Gasteiger partial charge >= 0.3 is 0 Å². The first-order valence-electron chi connectivity index (χ1n) is 5.80. The third kappa shape index (κ3) is 2.72. The van der Waals surface area contributed by atoms with Gasteiger partial charge in [0.2, 0.25) is 11.8 Å². The summed E-state index contributed by atoms with van der Waals surface area (Å²) in [5.41, 5.74) is 0.970. The van der Waals surface area contributed by atoms with Crippen molar-refractivity contribution < 1.29 is 9.53 Å². The maximum absolute atomic E-state index is 11.0. The summed E-state index contributed by atoms with van der Waals surface area (Å²) in [5.74, 6) is 1.04. The van der Waals surface area contributed by atoms with Gasteiger partial charge in [-0.05, 0) is 5.92 Å². The van der Waals surface area contributed by atoms with Crippen molar-refractivity contribution in [1.29, 1.82) is 0 Å². The molecule has 5 heteroatoms. The fourth-order valence-corrected chi connectivity index (χ4v) is 1.67. The quantitative estimate of drug-likeness (QED) is 0.790. The lowest BCUT2D eigenvalue weighted by atomic mass is 10.1. The molecule has 1 amide bonds. The summed E-state index contributed by atoms with van der Waals surface area (Å²) in [7, 11) is 0. The first kappa shape index (κ1) is 11.8. The van der Waals surface area contributed by atoms with E-state index in [0.717, 1.165) is 5.69 Å². The van der Waals surface area contributed by atoms with Gasteiger partial charge in [0.25, 0.3) is 0 Å². The number of hydrogen-bond acceptors (Lipinski definition) is 4. The van der Waals surface area contributed by atoms with Gasteiger partial charge in [-0.3, -0.25) is 4.79 Å². The predicted octanol–water partition coefficient (Wildman–Crippen LogP) is 1.21. The minimum Gasteiger partial charge on any atom is -0.470 e. The van der Waals surface area contributed by atoms with Gasteiger partial charge in [-0.2, -0.15) is 0 Å². The summed E-state index contributed by atoms with van der Waals surface area (Å²) in [6.45, 7) is 7.02. The zero-order chi connectivity index (χ0) is 12.4. The lowest BCUT2D eigenvalue weighted by Crippen LogP contribution is -2.55. The van der Waals surface area contributed by atoms with E-state index in [-0.39, 0.29) is 12.0 Å². The molecule has 1 fully saturated rings. The number of ether oxygens (including phenoxy) is 1. The van der Waals surface area contributed by atoms with Crippen LogP contribution in [0.25, 0.3) is 0 Å². The lowest BCUT2D eigenvalue weighted by molar-refractivity contribution is -0.137. The summed E-state index contributed by atoms with van der Waals surface area (Å²) in [5, 5.41) is 0. The Bertz CT molecular complexity index is 414. The van der Waals surface area contributed by atoms with Gasteiger partial charge in [0.1, 0.15) is 12.4 Å². The van der Waals surface area contributed by atoms with Crippen LogP contribution >= 0.6 is 0 Å². The maximum atomic E-state index is 11.0. The molecule has 1 aliphatic rings. The van der Waals surface area contributed by atoms with Crippen molar-refractivity contribution in [1.82, 2.24) is 14.9 Å². The van der Waals surface area contributed by atoms with E-state index < -0.39 is 0 Å². The third-order valence-corrected chi connectivity index (χ3v) is 2.84. The third-order valence-electron chi connectivity index (χ3n) is 2.84. The Hall–Kier alpha value is -1.65. The van der Waals surface area contributed by atoms with Gasteiger partial charge in [0.15, 0.2) is 0 Å². The Morgan fingerprint density at radius 1 is 1.47 bits per heavy atom. The fourth-order valence-electron chi connectivity index (χ4n) is 1.67. The van der Waals surface area contributed by atoms with Crippen molar-refractivity contribution in [3.05, 3.63) is 18.1 Å². The molecule has 2 heterocycles. The van der Waals surface area contributed by atoms with Gasteiger partial charge in [-0.1, -0.05) is 13.8 Å². The van der Waals surface area contributed by atoms with E-state index in [2.05, 4.69) is 23.8 Å². The van der Waals surface area contributed by atoms with Crippen LogP contribution in [0.15, 0.2) is 12.4 Å². The molecule has 1 saturated heterocycles. The van der Waals surface area contributed by atoms with Gasteiger partial charge in [-0.25, -0.2) is 9.97 Å². The monoisotopic (exact) mass is 235 g/mol. The van der Waals surface area contributed by atoms with Crippen LogP contribution in [0.1, 0.15) is 32.4 Å². The highest BCUT2D eigenvalue weighted by Gasteiger charge is 2.30. The minimum atomic E-state index is 0.0637. The van der Waals surface area contributed by atoms with Crippen LogP contribution in [0, 0.1) is 0 Å². The molecule has 0 aromatic carbocycles. The number of likely N-dealkylation sites (tertiary alicyclic amines) is 1. The van der Waals surface area contributed by atoms with Crippen LogP contribution in [0.5, 0.6) is 5.88 Å². The smallest absolute Gasteiger partial charge is 0.219 e. The molecule has 17 heavy (non-hydrogen) atoms. The largest absolute Gasteiger partial charge is 0.470 e. The van der Waals surface area contributed by atoms with Crippen LogP contribution in [-0.2, 0) is 4.79 Å². The van der Waals surface area contributed by atoms with Gasteiger partial charge in [0.05, 0.1) is 18.8 Å². The van der Waals surface area contributed by atoms with Crippen LogP contribution in [0.3, 0.4) is 0 Å². The summed E-state index contributed by atoms with van der Waals surface area (Å²) in [6.07, 6.45) is 1.58. The van der Waals surface area contributed by atoms with Crippen LogP contribution in [0.2, 0.25) is 0 Å². The highest BCUT2D eigenvalue weighted by atomic mass is 16.5. The summed E-state index contributed by atoms with van der Waals surface area (Å²) in [4.78, 5) is 21.0. The molecule has 0 atom stereocenters. The number of amides is 1. The number of carbonyl (C=O) groups excluding carboxylic acids is 1. The second-order valence-electron chi connectivity index (χ2n) is 4.60. The zero-order valence-electron chi connectivity index (χ0n) is 10.4. The van der Waals surface area contributed by atoms with Crippen LogP contribution in [-0.4, -0.2) is 40.0 Å². The molecule has 2 rings (SSSR count). The molecule has 0 saturated carbocycles. The summed E-state index contributed by atoms with van der Waals surface area (Å²) >= 11 is 0. The molecule has 1 aromatic heterocycles. The van der Waals surface area contributed by atoms with Gasteiger partial charge < -0.3 is 9.64 Å². The number of aromatic nitrogens is 2. The van der Waals surface area contributed by atoms with E-state index in [0.29, 0.717) is 24.9 Å². The highest BCUT2D eigenvalue weighted by Crippen LogP contribution is 2.19. The molecular formula is C12H17N3O2. The Kier molecular flexibility index (Phi) is 3.26. The number of rotatable bonds is 3. The fraction of sp³-hybridized carbons (Fsp3) is 0.583. The molecule has 1 aromatic rings. The first-order chi connectivity index (χ1) is 8.06. The van der Waals surface area contributed by atoms with E-state index in [4.69, 9.17) is 4.74 Å². The normalized spacial score (nSPS) is 15.9. The van der Waals surface area contributed by atoms with Crippen molar-refractivity contribution in [3.8, 4) is 5.88 Å². The second-order valence-corrected chi connectivity index (χ2v) is 4.60. The lowest BCUT2D eigenvalue weighted by Gasteiger charge is -2.37. The molecule has 0 spiro atoms. The van der Waals surface area contributed by atoms with Crippen LogP contribution < -0.4 is 4.74 Å². The highest BCUT2D eigenvalue weighted by molar-refractivity contribution is 5.74. The maximum Gasteiger partial charge on any atom is 0.219 e. The SMILES string of the molecule is CC(=O)N1CC(Oc2cc(C(C)C)ncn2)C1. The number of carbonyl (C=O) groups is 1. The second kappa shape index (κ2) is 4.69. The van der Waals surface area contributed by atoms with E-state index in [1.807, 2.05) is 6.07 Å². The first-order valence-corrected chi connectivity index (χ1v) is 5.80. The van der Waals surface area contributed by atoms with E-state index in [9.17, 15) is 4.79 Å². The Labute approximate surface area is 101 Å². The Balaban J connectivity index is 1.92.